The van der Waals surface area contributed by atoms with Gasteiger partial charge in [-0.3, -0.25) is 9.59 Å². The van der Waals surface area contributed by atoms with Crippen LogP contribution in [0.3, 0.4) is 0 Å². The van der Waals surface area contributed by atoms with Gasteiger partial charge in [-0.25, -0.2) is 0 Å². The van der Waals surface area contributed by atoms with E-state index >= 15 is 0 Å². The van der Waals surface area contributed by atoms with Crippen LogP contribution in [-0.4, -0.2) is 23.5 Å². The molecule has 0 aliphatic carbocycles. The molecule has 0 fully saturated rings. The van der Waals surface area contributed by atoms with Crippen LogP contribution in [0.4, 0.5) is 0 Å². The zero-order chi connectivity index (χ0) is 14.4. The van der Waals surface area contributed by atoms with Crippen molar-refractivity contribution in [1.29, 1.82) is 0 Å². The van der Waals surface area contributed by atoms with Crippen molar-refractivity contribution in [3.8, 4) is 0 Å². The third-order valence-corrected chi connectivity index (χ3v) is 3.27. The third kappa shape index (κ3) is 4.91. The lowest BCUT2D eigenvalue weighted by Crippen LogP contribution is -2.30. The fourth-order valence-corrected chi connectivity index (χ4v) is 2.07. The van der Waals surface area contributed by atoms with Crippen LogP contribution >= 0.6 is 11.6 Å². The monoisotopic (exact) mass is 283 g/mol. The van der Waals surface area contributed by atoms with Crippen LogP contribution in [0, 0.1) is 12.8 Å². The van der Waals surface area contributed by atoms with Gasteiger partial charge in [-0.1, -0.05) is 31.0 Å². The van der Waals surface area contributed by atoms with E-state index in [0.717, 1.165) is 5.56 Å². The van der Waals surface area contributed by atoms with Crippen molar-refractivity contribution < 1.29 is 14.7 Å². The Morgan fingerprint density at radius 3 is 2.63 bits per heavy atom. The highest BCUT2D eigenvalue weighted by Crippen LogP contribution is 2.17. The number of carbonyl (C=O) groups excluding carboxylic acids is 1. The van der Waals surface area contributed by atoms with E-state index in [1.165, 1.54) is 0 Å². The highest BCUT2D eigenvalue weighted by Gasteiger charge is 2.14. The number of nitrogens with one attached hydrogen (secondary N) is 1. The fourth-order valence-electron chi connectivity index (χ4n) is 1.74. The van der Waals surface area contributed by atoms with Crippen molar-refractivity contribution in [3.63, 3.8) is 0 Å². The molecular weight excluding hydrogens is 266 g/mol. The lowest BCUT2D eigenvalue weighted by atomic mass is 10.0. The van der Waals surface area contributed by atoms with E-state index in [9.17, 15) is 9.59 Å². The Balaban J connectivity index is 2.61. The molecule has 19 heavy (non-hydrogen) atoms. The molecule has 1 amide bonds. The van der Waals surface area contributed by atoms with Crippen molar-refractivity contribution in [2.45, 2.75) is 26.7 Å². The van der Waals surface area contributed by atoms with Gasteiger partial charge in [0.25, 0.3) is 5.91 Å². The van der Waals surface area contributed by atoms with Crippen LogP contribution in [0.1, 0.15) is 35.7 Å². The molecule has 1 atom stereocenters. The Bertz CT molecular complexity index is 474. The first-order valence-electron chi connectivity index (χ1n) is 6.20. The van der Waals surface area contributed by atoms with E-state index in [4.69, 9.17) is 16.7 Å². The normalized spacial score (nSPS) is 11.9. The first-order chi connectivity index (χ1) is 8.93. The molecule has 1 unspecified atom stereocenters. The number of amides is 1. The highest BCUT2D eigenvalue weighted by atomic mass is 35.5. The van der Waals surface area contributed by atoms with E-state index in [1.54, 1.807) is 12.1 Å². The molecule has 0 heterocycles. The van der Waals surface area contributed by atoms with Crippen molar-refractivity contribution in [1.82, 2.24) is 5.32 Å². The van der Waals surface area contributed by atoms with Crippen molar-refractivity contribution in [2.24, 2.45) is 5.92 Å². The van der Waals surface area contributed by atoms with Gasteiger partial charge in [0, 0.05) is 13.0 Å². The summed E-state index contributed by atoms with van der Waals surface area (Å²) < 4.78 is 0. The van der Waals surface area contributed by atoms with Crippen LogP contribution in [0.25, 0.3) is 0 Å². The summed E-state index contributed by atoms with van der Waals surface area (Å²) in [5.74, 6) is -1.19. The summed E-state index contributed by atoms with van der Waals surface area (Å²) in [4.78, 5) is 22.6. The average molecular weight is 284 g/mol. The number of hydrogen-bond donors (Lipinski definition) is 2. The second-order valence-corrected chi connectivity index (χ2v) is 4.97. The molecule has 0 aromatic heterocycles. The van der Waals surface area contributed by atoms with E-state index in [2.05, 4.69) is 5.32 Å². The van der Waals surface area contributed by atoms with Gasteiger partial charge in [-0.05, 0) is 30.5 Å². The number of aryl methyl sites for hydroxylation is 1. The van der Waals surface area contributed by atoms with Gasteiger partial charge < -0.3 is 10.4 Å². The SMILES string of the molecule is CCC(CNC(=O)c1ccc(C)cc1Cl)CC(=O)O. The molecule has 4 nitrogen and oxygen atoms in total. The minimum absolute atomic E-state index is 0.0540. The van der Waals surface area contributed by atoms with Gasteiger partial charge in [0.15, 0.2) is 0 Å². The number of carboxylic acids is 1. The summed E-state index contributed by atoms with van der Waals surface area (Å²) >= 11 is 6.00. The summed E-state index contributed by atoms with van der Waals surface area (Å²) in [6.45, 7) is 4.14. The number of hydrogen-bond acceptors (Lipinski definition) is 2. The molecule has 0 radical (unpaired) electrons. The van der Waals surface area contributed by atoms with Crippen LogP contribution in [0.2, 0.25) is 5.02 Å². The number of halogens is 1. The summed E-state index contributed by atoms with van der Waals surface area (Å²) in [6, 6.07) is 5.21. The largest absolute Gasteiger partial charge is 0.481 e. The second-order valence-electron chi connectivity index (χ2n) is 4.57. The van der Waals surface area contributed by atoms with Crippen LogP contribution in [0.5, 0.6) is 0 Å². The third-order valence-electron chi connectivity index (χ3n) is 2.96. The minimum Gasteiger partial charge on any atom is -0.481 e. The molecule has 104 valence electrons. The van der Waals surface area contributed by atoms with Crippen LogP contribution in [-0.2, 0) is 4.79 Å². The number of benzene rings is 1. The lowest BCUT2D eigenvalue weighted by Gasteiger charge is -2.14. The first-order valence-corrected chi connectivity index (χ1v) is 6.58. The smallest absolute Gasteiger partial charge is 0.303 e. The standard InChI is InChI=1S/C14H18ClNO3/c1-3-10(7-13(17)18)8-16-14(19)11-5-4-9(2)6-12(11)15/h4-6,10H,3,7-8H2,1-2H3,(H,16,19)(H,17,18). The Morgan fingerprint density at radius 2 is 2.11 bits per heavy atom. The molecule has 1 rings (SSSR count). The molecule has 1 aromatic carbocycles. The number of carboxylic acid groups (broad SMARTS) is 1. The van der Waals surface area contributed by atoms with E-state index in [-0.39, 0.29) is 18.2 Å². The van der Waals surface area contributed by atoms with Gasteiger partial charge in [-0.2, -0.15) is 0 Å². The molecular formula is C14H18ClNO3. The Hall–Kier alpha value is -1.55. The zero-order valence-corrected chi connectivity index (χ0v) is 11.8. The fraction of sp³-hybridized carbons (Fsp3) is 0.429. The molecule has 5 heteroatoms. The maximum atomic E-state index is 11.9. The molecule has 0 aliphatic rings. The summed E-state index contributed by atoms with van der Waals surface area (Å²) in [6.07, 6.45) is 0.757. The number of aliphatic carboxylic acids is 1. The molecule has 2 N–H and O–H groups in total. The van der Waals surface area contributed by atoms with E-state index < -0.39 is 5.97 Å². The minimum atomic E-state index is -0.852. The Labute approximate surface area is 117 Å². The van der Waals surface area contributed by atoms with E-state index in [0.29, 0.717) is 23.6 Å². The Kier molecular flexibility index (Phi) is 5.83. The maximum absolute atomic E-state index is 11.9. The molecule has 1 aromatic rings. The van der Waals surface area contributed by atoms with Crippen molar-refractivity contribution >= 4 is 23.5 Å². The molecule has 0 bridgehead atoms. The van der Waals surface area contributed by atoms with Gasteiger partial charge in [-0.15, -0.1) is 0 Å². The van der Waals surface area contributed by atoms with Gasteiger partial charge in [0.2, 0.25) is 0 Å². The maximum Gasteiger partial charge on any atom is 0.303 e. The van der Waals surface area contributed by atoms with E-state index in [1.807, 2.05) is 19.9 Å². The predicted molar refractivity (Wildman–Crippen MR) is 74.6 cm³/mol. The predicted octanol–water partition coefficient (Wildman–Crippen LogP) is 2.88. The summed E-state index contributed by atoms with van der Waals surface area (Å²) in [7, 11) is 0. The van der Waals surface area contributed by atoms with Gasteiger partial charge in [0.1, 0.15) is 0 Å². The summed E-state index contributed by atoms with van der Waals surface area (Å²) in [5, 5.41) is 11.9. The Morgan fingerprint density at radius 1 is 1.42 bits per heavy atom. The first kappa shape index (κ1) is 15.5. The number of rotatable bonds is 6. The summed E-state index contributed by atoms with van der Waals surface area (Å²) in [5.41, 5.74) is 1.40. The molecule has 0 saturated heterocycles. The average Bonchev–Trinajstić information content (AvgIpc) is 2.33. The second kappa shape index (κ2) is 7.14. The molecule has 0 saturated carbocycles. The quantitative estimate of drug-likeness (QED) is 0.843. The molecule has 0 aliphatic heterocycles. The lowest BCUT2D eigenvalue weighted by molar-refractivity contribution is -0.138. The zero-order valence-electron chi connectivity index (χ0n) is 11.1. The van der Waals surface area contributed by atoms with Crippen molar-refractivity contribution in [2.75, 3.05) is 6.54 Å². The highest BCUT2D eigenvalue weighted by molar-refractivity contribution is 6.33. The van der Waals surface area contributed by atoms with Crippen molar-refractivity contribution in [3.05, 3.63) is 34.3 Å². The van der Waals surface area contributed by atoms with Gasteiger partial charge in [0.05, 0.1) is 10.6 Å². The molecule has 0 spiro atoms. The van der Waals surface area contributed by atoms with Gasteiger partial charge >= 0.3 is 5.97 Å². The topological polar surface area (TPSA) is 66.4 Å². The van der Waals surface area contributed by atoms with Crippen LogP contribution < -0.4 is 5.32 Å². The van der Waals surface area contributed by atoms with Crippen LogP contribution in [0.15, 0.2) is 18.2 Å². The number of carbonyl (C=O) groups is 2.